The molecule has 0 atom stereocenters. The third-order valence-corrected chi connectivity index (χ3v) is 5.28. The second-order valence-electron chi connectivity index (χ2n) is 5.59. The number of imidazole rings is 1. The number of hydrogen-bond donors (Lipinski definition) is 1. The van der Waals surface area contributed by atoms with Crippen LogP contribution in [-0.2, 0) is 16.6 Å². The number of sulfonamides is 1. The molecule has 0 aliphatic rings. The van der Waals surface area contributed by atoms with Crippen LogP contribution in [0.1, 0.15) is 11.4 Å². The van der Waals surface area contributed by atoms with Crippen molar-refractivity contribution in [1.82, 2.24) is 14.3 Å². The minimum absolute atomic E-state index is 0.0197. The summed E-state index contributed by atoms with van der Waals surface area (Å²) >= 11 is 0. The molecule has 0 aliphatic carbocycles. The van der Waals surface area contributed by atoms with Crippen molar-refractivity contribution in [3.63, 3.8) is 0 Å². The third-order valence-electron chi connectivity index (χ3n) is 3.86. The van der Waals surface area contributed by atoms with Gasteiger partial charge in [-0.3, -0.25) is 10.1 Å². The number of nitrogens with zero attached hydrogens (tertiary/aromatic N) is 3. The van der Waals surface area contributed by atoms with Gasteiger partial charge in [0.1, 0.15) is 5.82 Å². The Hall–Kier alpha value is -3.04. The molecule has 3 rings (SSSR count). The maximum absolute atomic E-state index is 12.3. The summed E-state index contributed by atoms with van der Waals surface area (Å²) in [5.41, 5.74) is 1.56. The number of rotatable bonds is 6. The molecule has 0 radical (unpaired) electrons. The highest BCUT2D eigenvalue weighted by atomic mass is 32.2. The van der Waals surface area contributed by atoms with Crippen LogP contribution in [0.2, 0.25) is 0 Å². The fraction of sp³-hybridized carbons (Fsp3) is 0.118. The molecule has 0 amide bonds. The first kappa shape index (κ1) is 17.8. The number of benzene rings is 2. The summed E-state index contributed by atoms with van der Waals surface area (Å²) in [6, 6.07) is 12.2. The Balaban J connectivity index is 1.69. The zero-order chi connectivity index (χ0) is 18.7. The summed E-state index contributed by atoms with van der Waals surface area (Å²) in [5, 5.41) is 10.6. The van der Waals surface area contributed by atoms with E-state index >= 15 is 0 Å². The van der Waals surface area contributed by atoms with Gasteiger partial charge in [-0.25, -0.2) is 18.1 Å². The van der Waals surface area contributed by atoms with Crippen molar-refractivity contribution < 1.29 is 13.3 Å². The Kier molecular flexibility index (Phi) is 4.83. The van der Waals surface area contributed by atoms with Crippen LogP contribution in [0.4, 0.5) is 5.69 Å². The van der Waals surface area contributed by atoms with E-state index in [0.29, 0.717) is 0 Å². The fourth-order valence-electron chi connectivity index (χ4n) is 2.43. The first-order valence-corrected chi connectivity index (χ1v) is 9.18. The van der Waals surface area contributed by atoms with Crippen LogP contribution >= 0.6 is 0 Å². The molecule has 0 saturated carbocycles. The smallest absolute Gasteiger partial charge is 0.269 e. The van der Waals surface area contributed by atoms with Crippen molar-refractivity contribution in [3.8, 4) is 5.69 Å². The lowest BCUT2D eigenvalue weighted by Crippen LogP contribution is -2.23. The zero-order valence-corrected chi connectivity index (χ0v) is 14.7. The molecule has 1 heterocycles. The van der Waals surface area contributed by atoms with Gasteiger partial charge in [-0.2, -0.15) is 0 Å². The lowest BCUT2D eigenvalue weighted by Gasteiger charge is -2.09. The number of aromatic nitrogens is 2. The zero-order valence-electron chi connectivity index (χ0n) is 13.9. The molecule has 9 heteroatoms. The van der Waals surface area contributed by atoms with Gasteiger partial charge in [-0.15, -0.1) is 0 Å². The number of nitro groups is 1. The largest absolute Gasteiger partial charge is 0.304 e. The second kappa shape index (κ2) is 7.06. The van der Waals surface area contributed by atoms with Gasteiger partial charge in [-0.1, -0.05) is 12.1 Å². The summed E-state index contributed by atoms with van der Waals surface area (Å²) in [4.78, 5) is 14.2. The Morgan fingerprint density at radius 2 is 1.77 bits per heavy atom. The number of hydrogen-bond acceptors (Lipinski definition) is 5. The third kappa shape index (κ3) is 3.79. The number of nitro benzene ring substituents is 1. The van der Waals surface area contributed by atoms with Gasteiger partial charge in [0.15, 0.2) is 0 Å². The lowest BCUT2D eigenvalue weighted by atomic mass is 10.2. The first-order chi connectivity index (χ1) is 12.4. The van der Waals surface area contributed by atoms with Gasteiger partial charge < -0.3 is 4.57 Å². The van der Waals surface area contributed by atoms with E-state index in [1.807, 2.05) is 42.0 Å². The molecule has 0 fully saturated rings. The van der Waals surface area contributed by atoms with Crippen molar-refractivity contribution in [3.05, 3.63) is 82.4 Å². The number of aryl methyl sites for hydroxylation is 1. The predicted molar refractivity (Wildman–Crippen MR) is 95.4 cm³/mol. The van der Waals surface area contributed by atoms with E-state index in [2.05, 4.69) is 9.71 Å². The molecular weight excluding hydrogens is 356 g/mol. The minimum Gasteiger partial charge on any atom is -0.304 e. The highest BCUT2D eigenvalue weighted by molar-refractivity contribution is 7.89. The van der Waals surface area contributed by atoms with Crippen LogP contribution in [0.3, 0.4) is 0 Å². The Morgan fingerprint density at radius 1 is 1.12 bits per heavy atom. The van der Waals surface area contributed by atoms with E-state index in [0.717, 1.165) is 29.2 Å². The number of nitrogens with one attached hydrogen (secondary N) is 1. The van der Waals surface area contributed by atoms with E-state index < -0.39 is 14.9 Å². The van der Waals surface area contributed by atoms with Crippen molar-refractivity contribution in [2.45, 2.75) is 18.4 Å². The molecule has 1 aromatic heterocycles. The van der Waals surface area contributed by atoms with Crippen molar-refractivity contribution in [1.29, 1.82) is 0 Å². The molecule has 26 heavy (non-hydrogen) atoms. The first-order valence-electron chi connectivity index (χ1n) is 7.70. The molecule has 8 nitrogen and oxygen atoms in total. The van der Waals surface area contributed by atoms with E-state index in [4.69, 9.17) is 0 Å². The van der Waals surface area contributed by atoms with Gasteiger partial charge in [-0.05, 0) is 36.8 Å². The molecule has 1 N–H and O–H groups in total. The van der Waals surface area contributed by atoms with Gasteiger partial charge in [0, 0.05) is 36.8 Å². The summed E-state index contributed by atoms with van der Waals surface area (Å²) in [5.74, 6) is 0.858. The quantitative estimate of drug-likeness (QED) is 0.528. The highest BCUT2D eigenvalue weighted by Crippen LogP contribution is 2.16. The summed E-state index contributed by atoms with van der Waals surface area (Å²) in [6.07, 6.45) is 3.56. The normalized spacial score (nSPS) is 11.4. The van der Waals surface area contributed by atoms with Crippen LogP contribution < -0.4 is 4.72 Å². The molecule has 0 saturated heterocycles. The maximum atomic E-state index is 12.3. The summed E-state index contributed by atoms with van der Waals surface area (Å²) in [7, 11) is -3.75. The average Bonchev–Trinajstić information content (AvgIpc) is 3.06. The van der Waals surface area contributed by atoms with E-state index in [9.17, 15) is 18.5 Å². The Morgan fingerprint density at radius 3 is 2.31 bits per heavy atom. The van der Waals surface area contributed by atoms with Crippen LogP contribution in [0.25, 0.3) is 5.69 Å². The molecule has 0 spiro atoms. The van der Waals surface area contributed by atoms with Gasteiger partial charge in [0.2, 0.25) is 10.0 Å². The lowest BCUT2D eigenvalue weighted by molar-refractivity contribution is -0.384. The van der Waals surface area contributed by atoms with Crippen LogP contribution in [0, 0.1) is 17.0 Å². The number of non-ortho nitro benzene ring substituents is 1. The summed E-state index contributed by atoms with van der Waals surface area (Å²) in [6.45, 7) is 2.01. The van der Waals surface area contributed by atoms with Crippen LogP contribution in [-0.4, -0.2) is 22.9 Å². The summed E-state index contributed by atoms with van der Waals surface area (Å²) < 4.78 is 29.0. The van der Waals surface area contributed by atoms with Gasteiger partial charge in [0.05, 0.1) is 9.82 Å². The molecule has 0 bridgehead atoms. The molecule has 134 valence electrons. The van der Waals surface area contributed by atoms with Crippen molar-refractivity contribution in [2.24, 2.45) is 0 Å². The van der Waals surface area contributed by atoms with E-state index in [1.54, 1.807) is 6.20 Å². The molecule has 0 unspecified atom stereocenters. The highest BCUT2D eigenvalue weighted by Gasteiger charge is 2.15. The van der Waals surface area contributed by atoms with Crippen LogP contribution in [0.5, 0.6) is 0 Å². The molecule has 3 aromatic rings. The predicted octanol–water partition coefficient (Wildman–Crippen LogP) is 2.57. The topological polar surface area (TPSA) is 107 Å². The van der Waals surface area contributed by atoms with Crippen molar-refractivity contribution >= 4 is 15.7 Å². The van der Waals surface area contributed by atoms with Gasteiger partial charge >= 0.3 is 0 Å². The maximum Gasteiger partial charge on any atom is 0.269 e. The Labute approximate surface area is 150 Å². The van der Waals surface area contributed by atoms with E-state index in [1.165, 1.54) is 12.1 Å². The van der Waals surface area contributed by atoms with Gasteiger partial charge in [0.25, 0.3) is 5.69 Å². The van der Waals surface area contributed by atoms with E-state index in [-0.39, 0.29) is 17.1 Å². The fourth-order valence-corrected chi connectivity index (χ4v) is 3.45. The standard InChI is InChI=1S/C17H16N4O4S/c1-13-18-10-11-20(13)15-4-2-14(3-5-15)12-19-26(24,25)17-8-6-16(7-9-17)21(22)23/h2-11,19H,12H2,1H3. The minimum atomic E-state index is -3.75. The Bertz CT molecular complexity index is 1030. The molecular formula is C17H16N4O4S. The van der Waals surface area contributed by atoms with Crippen molar-refractivity contribution in [2.75, 3.05) is 0 Å². The second-order valence-corrected chi connectivity index (χ2v) is 7.35. The van der Waals surface area contributed by atoms with Crippen LogP contribution in [0.15, 0.2) is 65.8 Å². The monoisotopic (exact) mass is 372 g/mol. The SMILES string of the molecule is Cc1nccn1-c1ccc(CNS(=O)(=O)c2ccc([N+](=O)[O-])cc2)cc1. The average molecular weight is 372 g/mol. The molecule has 0 aliphatic heterocycles. The molecule has 2 aromatic carbocycles.